The van der Waals surface area contributed by atoms with Gasteiger partial charge in [-0.1, -0.05) is 6.92 Å². The Hall–Kier alpha value is -0.0800. The molecule has 0 spiro atoms. The molecule has 1 saturated carbocycles. The van der Waals surface area contributed by atoms with E-state index in [0.717, 1.165) is 24.8 Å². The fraction of sp³-hybridized carbons (Fsp3) is 1.00. The van der Waals surface area contributed by atoms with Crippen LogP contribution in [0.1, 0.15) is 46.5 Å². The summed E-state index contributed by atoms with van der Waals surface area (Å²) < 4.78 is 0. The Morgan fingerprint density at radius 3 is 2.57 bits per heavy atom. The van der Waals surface area contributed by atoms with Crippen LogP contribution in [0.5, 0.6) is 0 Å². The summed E-state index contributed by atoms with van der Waals surface area (Å²) in [6.07, 6.45) is 5.22. The molecule has 84 valence electrons. The lowest BCUT2D eigenvalue weighted by atomic mass is 10.00. The van der Waals surface area contributed by atoms with Gasteiger partial charge < -0.3 is 11.1 Å². The summed E-state index contributed by atoms with van der Waals surface area (Å²) in [5.41, 5.74) is 5.91. The predicted molar refractivity (Wildman–Crippen MR) is 62.3 cm³/mol. The summed E-state index contributed by atoms with van der Waals surface area (Å²) in [6, 6.07) is 0. The van der Waals surface area contributed by atoms with Crippen LogP contribution in [0.4, 0.5) is 0 Å². The van der Waals surface area contributed by atoms with Crippen molar-refractivity contribution in [2.24, 2.45) is 17.6 Å². The molecule has 1 rings (SSSR count). The second kappa shape index (κ2) is 5.13. The molecule has 14 heavy (non-hydrogen) atoms. The number of nitrogens with two attached hydrogens (primary N) is 1. The first-order valence-corrected chi connectivity index (χ1v) is 5.98. The molecule has 0 aliphatic heterocycles. The SMILES string of the molecule is CC(CNCCCC(C)(C)N)C1CC1. The van der Waals surface area contributed by atoms with Crippen molar-refractivity contribution in [1.29, 1.82) is 0 Å². The van der Waals surface area contributed by atoms with Crippen molar-refractivity contribution in [3.05, 3.63) is 0 Å². The molecule has 0 bridgehead atoms. The summed E-state index contributed by atoms with van der Waals surface area (Å²) in [5, 5.41) is 3.52. The molecule has 1 aliphatic rings. The zero-order valence-electron chi connectivity index (χ0n) is 9.97. The smallest absolute Gasteiger partial charge is 0.00975 e. The number of hydrogen-bond donors (Lipinski definition) is 2. The second-order valence-corrected chi connectivity index (χ2v) is 5.61. The van der Waals surface area contributed by atoms with Gasteiger partial charge in [0.2, 0.25) is 0 Å². The van der Waals surface area contributed by atoms with Crippen LogP contribution in [0.15, 0.2) is 0 Å². The van der Waals surface area contributed by atoms with Crippen LogP contribution < -0.4 is 11.1 Å². The quantitative estimate of drug-likeness (QED) is 0.615. The normalized spacial score (nSPS) is 19.7. The van der Waals surface area contributed by atoms with E-state index in [0.29, 0.717) is 0 Å². The molecule has 3 N–H and O–H groups in total. The van der Waals surface area contributed by atoms with E-state index < -0.39 is 0 Å². The highest BCUT2D eigenvalue weighted by molar-refractivity contribution is 4.80. The summed E-state index contributed by atoms with van der Waals surface area (Å²) in [7, 11) is 0. The van der Waals surface area contributed by atoms with Crippen LogP contribution in [0.25, 0.3) is 0 Å². The largest absolute Gasteiger partial charge is 0.326 e. The number of nitrogens with one attached hydrogen (secondary N) is 1. The maximum Gasteiger partial charge on any atom is 0.00975 e. The van der Waals surface area contributed by atoms with Gasteiger partial charge in [0.1, 0.15) is 0 Å². The Kier molecular flexibility index (Phi) is 4.39. The Labute approximate surface area is 88.6 Å². The predicted octanol–water partition coefficient (Wildman–Crippen LogP) is 2.14. The molecular weight excluding hydrogens is 172 g/mol. The van der Waals surface area contributed by atoms with Gasteiger partial charge in [0.15, 0.2) is 0 Å². The van der Waals surface area contributed by atoms with Gasteiger partial charge in [0.25, 0.3) is 0 Å². The fourth-order valence-corrected chi connectivity index (χ4v) is 1.83. The first-order chi connectivity index (χ1) is 6.49. The van der Waals surface area contributed by atoms with Crippen molar-refractivity contribution < 1.29 is 0 Å². The van der Waals surface area contributed by atoms with E-state index in [2.05, 4.69) is 26.1 Å². The number of rotatable bonds is 7. The summed E-state index contributed by atoms with van der Waals surface area (Å²) >= 11 is 0. The van der Waals surface area contributed by atoms with Crippen molar-refractivity contribution in [3.63, 3.8) is 0 Å². The van der Waals surface area contributed by atoms with Crippen LogP contribution in [0, 0.1) is 11.8 Å². The van der Waals surface area contributed by atoms with Crippen LogP contribution in [-0.4, -0.2) is 18.6 Å². The lowest BCUT2D eigenvalue weighted by Crippen LogP contribution is -2.33. The van der Waals surface area contributed by atoms with Crippen molar-refractivity contribution in [2.45, 2.75) is 52.0 Å². The molecule has 0 amide bonds. The first kappa shape index (κ1) is 12.0. The monoisotopic (exact) mass is 198 g/mol. The molecule has 0 aromatic heterocycles. The summed E-state index contributed by atoms with van der Waals surface area (Å²) in [5.74, 6) is 1.90. The van der Waals surface area contributed by atoms with Crippen molar-refractivity contribution in [1.82, 2.24) is 5.32 Å². The van der Waals surface area contributed by atoms with Gasteiger partial charge in [-0.2, -0.15) is 0 Å². The van der Waals surface area contributed by atoms with Crippen LogP contribution in [0.3, 0.4) is 0 Å². The summed E-state index contributed by atoms with van der Waals surface area (Å²) in [6.45, 7) is 8.87. The van der Waals surface area contributed by atoms with Crippen molar-refractivity contribution in [2.75, 3.05) is 13.1 Å². The third kappa shape index (κ3) is 5.61. The average Bonchev–Trinajstić information content (AvgIpc) is 2.83. The lowest BCUT2D eigenvalue weighted by Gasteiger charge is -2.18. The third-order valence-electron chi connectivity index (χ3n) is 3.07. The van der Waals surface area contributed by atoms with Crippen LogP contribution >= 0.6 is 0 Å². The zero-order chi connectivity index (χ0) is 10.6. The molecule has 1 fully saturated rings. The standard InChI is InChI=1S/C12H26N2/c1-10(11-5-6-11)9-14-8-4-7-12(2,3)13/h10-11,14H,4-9,13H2,1-3H3. The lowest BCUT2D eigenvalue weighted by molar-refractivity contribution is 0.422. The maximum atomic E-state index is 5.91. The van der Waals surface area contributed by atoms with Gasteiger partial charge in [-0.05, 0) is 64.5 Å². The van der Waals surface area contributed by atoms with Gasteiger partial charge in [-0.15, -0.1) is 0 Å². The van der Waals surface area contributed by atoms with E-state index in [-0.39, 0.29) is 5.54 Å². The Morgan fingerprint density at radius 2 is 2.07 bits per heavy atom. The molecule has 0 heterocycles. The second-order valence-electron chi connectivity index (χ2n) is 5.61. The fourth-order valence-electron chi connectivity index (χ4n) is 1.83. The molecule has 0 saturated heterocycles. The molecule has 2 heteroatoms. The van der Waals surface area contributed by atoms with E-state index in [9.17, 15) is 0 Å². The van der Waals surface area contributed by atoms with Crippen LogP contribution in [-0.2, 0) is 0 Å². The highest BCUT2D eigenvalue weighted by atomic mass is 14.9. The molecule has 1 unspecified atom stereocenters. The zero-order valence-corrected chi connectivity index (χ0v) is 9.97. The Balaban J connectivity index is 1.88. The molecule has 0 aromatic carbocycles. The topological polar surface area (TPSA) is 38.0 Å². The van der Waals surface area contributed by atoms with Gasteiger partial charge in [-0.25, -0.2) is 0 Å². The maximum absolute atomic E-state index is 5.91. The molecular formula is C12H26N2. The minimum atomic E-state index is 0.00376. The Bertz CT molecular complexity index is 156. The summed E-state index contributed by atoms with van der Waals surface area (Å²) in [4.78, 5) is 0. The van der Waals surface area contributed by atoms with Crippen molar-refractivity contribution in [3.8, 4) is 0 Å². The molecule has 2 nitrogen and oxygen atoms in total. The van der Waals surface area contributed by atoms with E-state index in [1.807, 2.05) is 0 Å². The van der Waals surface area contributed by atoms with E-state index in [1.165, 1.54) is 25.8 Å². The van der Waals surface area contributed by atoms with E-state index in [4.69, 9.17) is 5.73 Å². The third-order valence-corrected chi connectivity index (χ3v) is 3.07. The van der Waals surface area contributed by atoms with E-state index in [1.54, 1.807) is 0 Å². The van der Waals surface area contributed by atoms with Crippen molar-refractivity contribution >= 4 is 0 Å². The van der Waals surface area contributed by atoms with Gasteiger partial charge in [0, 0.05) is 5.54 Å². The highest BCUT2D eigenvalue weighted by Crippen LogP contribution is 2.35. The van der Waals surface area contributed by atoms with Gasteiger partial charge >= 0.3 is 0 Å². The van der Waals surface area contributed by atoms with E-state index >= 15 is 0 Å². The number of hydrogen-bond acceptors (Lipinski definition) is 2. The minimum absolute atomic E-state index is 0.00376. The molecule has 0 aromatic rings. The van der Waals surface area contributed by atoms with Crippen LogP contribution in [0.2, 0.25) is 0 Å². The molecule has 1 atom stereocenters. The Morgan fingerprint density at radius 1 is 1.43 bits per heavy atom. The highest BCUT2D eigenvalue weighted by Gasteiger charge is 2.27. The first-order valence-electron chi connectivity index (χ1n) is 5.98. The average molecular weight is 198 g/mol. The van der Waals surface area contributed by atoms with Gasteiger partial charge in [-0.3, -0.25) is 0 Å². The minimum Gasteiger partial charge on any atom is -0.326 e. The molecule has 0 radical (unpaired) electrons. The molecule has 1 aliphatic carbocycles. The van der Waals surface area contributed by atoms with Gasteiger partial charge in [0.05, 0.1) is 0 Å².